The number of aliphatic carboxylic acids is 1. The van der Waals surface area contributed by atoms with Crippen molar-refractivity contribution in [2.45, 2.75) is 18.9 Å². The van der Waals surface area contributed by atoms with Crippen LogP contribution in [0, 0.1) is 6.92 Å². The lowest BCUT2D eigenvalue weighted by Crippen LogP contribution is -2.19. The van der Waals surface area contributed by atoms with Crippen molar-refractivity contribution in [1.29, 1.82) is 0 Å². The molecule has 0 spiro atoms. The topological polar surface area (TPSA) is 57.5 Å². The summed E-state index contributed by atoms with van der Waals surface area (Å²) in [6, 6.07) is 19.2. The summed E-state index contributed by atoms with van der Waals surface area (Å²) in [5.41, 5.74) is 3.61. The van der Waals surface area contributed by atoms with Crippen LogP contribution in [0.1, 0.15) is 28.0 Å². The van der Waals surface area contributed by atoms with Crippen LogP contribution in [0.5, 0.6) is 0 Å². The summed E-state index contributed by atoms with van der Waals surface area (Å²) < 4.78 is 0. The molecule has 2 atom stereocenters. The predicted molar refractivity (Wildman–Crippen MR) is 96.3 cm³/mol. The van der Waals surface area contributed by atoms with Crippen molar-refractivity contribution in [3.63, 3.8) is 0 Å². The van der Waals surface area contributed by atoms with Crippen LogP contribution < -0.4 is 0 Å². The number of benzene rings is 2. The molecule has 0 aliphatic rings. The molecule has 1 aromatic heterocycles. The Morgan fingerprint density at radius 1 is 0.958 bits per heavy atom. The van der Waals surface area contributed by atoms with Gasteiger partial charge in [0.2, 0.25) is 0 Å². The quantitative estimate of drug-likeness (QED) is 0.713. The Hall–Kier alpha value is -2.43. The smallest absolute Gasteiger partial charge is 0.314 e. The first-order valence-electron chi connectivity index (χ1n) is 7.68. The Morgan fingerprint density at radius 2 is 1.58 bits per heavy atom. The molecule has 0 aliphatic heterocycles. The molecule has 0 radical (unpaired) electrons. The van der Waals surface area contributed by atoms with E-state index in [0.29, 0.717) is 10.4 Å². The second-order valence-corrected chi connectivity index (χ2v) is 6.66. The van der Waals surface area contributed by atoms with Gasteiger partial charge in [0.25, 0.3) is 0 Å². The number of aliphatic hydroxyl groups excluding tert-OH is 1. The summed E-state index contributed by atoms with van der Waals surface area (Å²) >= 11 is 1.38. The number of carboxylic acid groups (broad SMARTS) is 1. The third-order valence-electron chi connectivity index (χ3n) is 4.13. The van der Waals surface area contributed by atoms with Crippen LogP contribution in [0.3, 0.4) is 0 Å². The van der Waals surface area contributed by atoms with Crippen molar-refractivity contribution in [2.75, 3.05) is 0 Å². The maximum absolute atomic E-state index is 11.7. The molecule has 122 valence electrons. The minimum atomic E-state index is -1.05. The SMILES string of the molecule is Cc1ccsc1[C@@H](O)[C@@H](C(=O)O)c1ccc(-c2ccccc2)cc1. The minimum absolute atomic E-state index is 0.600. The molecule has 0 saturated heterocycles. The molecule has 0 bridgehead atoms. The summed E-state index contributed by atoms with van der Waals surface area (Å²) in [6.07, 6.45) is -1.05. The van der Waals surface area contributed by atoms with Gasteiger partial charge < -0.3 is 10.2 Å². The number of rotatable bonds is 5. The summed E-state index contributed by atoms with van der Waals surface area (Å²) in [5, 5.41) is 22.1. The zero-order valence-electron chi connectivity index (χ0n) is 13.2. The van der Waals surface area contributed by atoms with E-state index in [4.69, 9.17) is 0 Å². The molecule has 2 aromatic carbocycles. The Bertz CT molecular complexity index is 822. The standard InChI is InChI=1S/C20H18O3S/c1-13-11-12-24-19(13)18(21)17(20(22)23)16-9-7-15(8-10-16)14-5-3-2-4-6-14/h2-12,17-18,21H,1H3,(H,22,23)/t17-,18-/m0/s1. The normalized spacial score (nSPS) is 13.4. The fourth-order valence-corrected chi connectivity index (χ4v) is 3.76. The van der Waals surface area contributed by atoms with Gasteiger partial charge in [-0.25, -0.2) is 0 Å². The molecular formula is C20H18O3S. The number of aliphatic hydroxyl groups is 1. The van der Waals surface area contributed by atoms with Gasteiger partial charge in [0.1, 0.15) is 12.0 Å². The third kappa shape index (κ3) is 3.25. The number of hydrogen-bond donors (Lipinski definition) is 2. The maximum Gasteiger partial charge on any atom is 0.314 e. The summed E-state index contributed by atoms with van der Waals surface area (Å²) in [6.45, 7) is 1.88. The zero-order chi connectivity index (χ0) is 17.1. The van der Waals surface area contributed by atoms with Crippen LogP contribution in [0.25, 0.3) is 11.1 Å². The molecule has 0 aliphatic carbocycles. The van der Waals surface area contributed by atoms with Crippen LogP contribution in [0.15, 0.2) is 66.0 Å². The number of aryl methyl sites for hydroxylation is 1. The van der Waals surface area contributed by atoms with Crippen LogP contribution in [-0.4, -0.2) is 16.2 Å². The molecule has 3 rings (SSSR count). The third-order valence-corrected chi connectivity index (χ3v) is 5.22. The molecule has 24 heavy (non-hydrogen) atoms. The lowest BCUT2D eigenvalue weighted by molar-refractivity contribution is -0.141. The molecule has 0 unspecified atom stereocenters. The lowest BCUT2D eigenvalue weighted by Gasteiger charge is -2.20. The van der Waals surface area contributed by atoms with Gasteiger partial charge in [-0.3, -0.25) is 4.79 Å². The number of thiophene rings is 1. The Balaban J connectivity index is 1.92. The highest BCUT2D eigenvalue weighted by Gasteiger charge is 2.31. The highest BCUT2D eigenvalue weighted by Crippen LogP contribution is 2.36. The van der Waals surface area contributed by atoms with E-state index in [1.807, 2.05) is 60.8 Å². The largest absolute Gasteiger partial charge is 0.481 e. The molecule has 0 fully saturated rings. The van der Waals surface area contributed by atoms with Gasteiger partial charge in [-0.15, -0.1) is 11.3 Å². The highest BCUT2D eigenvalue weighted by molar-refractivity contribution is 7.10. The van der Waals surface area contributed by atoms with Crippen molar-refractivity contribution in [2.24, 2.45) is 0 Å². The average Bonchev–Trinajstić information content (AvgIpc) is 3.02. The van der Waals surface area contributed by atoms with Gasteiger partial charge in [-0.2, -0.15) is 0 Å². The van der Waals surface area contributed by atoms with Crippen LogP contribution in [0.4, 0.5) is 0 Å². The van der Waals surface area contributed by atoms with Crippen LogP contribution in [-0.2, 0) is 4.79 Å². The first kappa shape index (κ1) is 16.4. The molecule has 0 saturated carbocycles. The van der Waals surface area contributed by atoms with Gasteiger partial charge in [-0.05, 0) is 40.6 Å². The molecular weight excluding hydrogens is 320 g/mol. The molecule has 1 heterocycles. The zero-order valence-corrected chi connectivity index (χ0v) is 14.0. The second kappa shape index (κ2) is 6.99. The van der Waals surface area contributed by atoms with E-state index in [2.05, 4.69) is 0 Å². The maximum atomic E-state index is 11.7. The fourth-order valence-electron chi connectivity index (χ4n) is 2.81. The van der Waals surface area contributed by atoms with E-state index < -0.39 is 18.0 Å². The molecule has 3 nitrogen and oxygen atoms in total. The van der Waals surface area contributed by atoms with Gasteiger partial charge in [0.15, 0.2) is 0 Å². The van der Waals surface area contributed by atoms with Crippen molar-refractivity contribution >= 4 is 17.3 Å². The minimum Gasteiger partial charge on any atom is -0.481 e. The molecule has 2 N–H and O–H groups in total. The number of carboxylic acids is 1. The number of carbonyl (C=O) groups is 1. The highest BCUT2D eigenvalue weighted by atomic mass is 32.1. The van der Waals surface area contributed by atoms with Crippen LogP contribution >= 0.6 is 11.3 Å². The van der Waals surface area contributed by atoms with Gasteiger partial charge in [-0.1, -0.05) is 54.6 Å². The first-order chi connectivity index (χ1) is 11.6. The van der Waals surface area contributed by atoms with Crippen molar-refractivity contribution in [3.05, 3.63) is 82.0 Å². The Kier molecular flexibility index (Phi) is 4.79. The summed E-state index contributed by atoms with van der Waals surface area (Å²) in [7, 11) is 0. The van der Waals surface area contributed by atoms with E-state index in [9.17, 15) is 15.0 Å². The first-order valence-corrected chi connectivity index (χ1v) is 8.56. The number of hydrogen-bond acceptors (Lipinski definition) is 3. The van der Waals surface area contributed by atoms with E-state index in [1.165, 1.54) is 11.3 Å². The van der Waals surface area contributed by atoms with Crippen molar-refractivity contribution in [1.82, 2.24) is 0 Å². The Labute approximate surface area is 144 Å². The van der Waals surface area contributed by atoms with Crippen molar-refractivity contribution in [3.8, 4) is 11.1 Å². The van der Waals surface area contributed by atoms with Crippen molar-refractivity contribution < 1.29 is 15.0 Å². The van der Waals surface area contributed by atoms with E-state index in [1.54, 1.807) is 12.1 Å². The second-order valence-electron chi connectivity index (χ2n) is 5.72. The predicted octanol–water partition coefficient (Wildman–Crippen LogP) is 4.63. The molecule has 3 aromatic rings. The van der Waals surface area contributed by atoms with Gasteiger partial charge >= 0.3 is 5.97 Å². The molecule has 4 heteroatoms. The summed E-state index contributed by atoms with van der Waals surface area (Å²) in [5.74, 6) is -2.00. The van der Waals surface area contributed by atoms with Crippen LogP contribution in [0.2, 0.25) is 0 Å². The van der Waals surface area contributed by atoms with Gasteiger partial charge in [0.05, 0.1) is 0 Å². The lowest BCUT2D eigenvalue weighted by atomic mass is 9.90. The van der Waals surface area contributed by atoms with Gasteiger partial charge in [0, 0.05) is 4.88 Å². The summed E-state index contributed by atoms with van der Waals surface area (Å²) in [4.78, 5) is 12.5. The fraction of sp³-hybridized carbons (Fsp3) is 0.150. The molecule has 0 amide bonds. The van der Waals surface area contributed by atoms with E-state index in [0.717, 1.165) is 16.7 Å². The van der Waals surface area contributed by atoms with E-state index in [-0.39, 0.29) is 0 Å². The Morgan fingerprint density at radius 3 is 2.12 bits per heavy atom. The monoisotopic (exact) mass is 338 g/mol. The average molecular weight is 338 g/mol. The van der Waals surface area contributed by atoms with E-state index >= 15 is 0 Å².